The first-order valence-electron chi connectivity index (χ1n) is 6.28. The third-order valence-electron chi connectivity index (χ3n) is 2.89. The topological polar surface area (TPSA) is 113 Å². The number of nitro groups is 1. The van der Waals surface area contributed by atoms with Gasteiger partial charge in [0.15, 0.2) is 12.4 Å². The number of Topliss-reactive ketones (excluding diaryl/α,β-unsaturated/α-hetero) is 1. The molecule has 2 N–H and O–H groups in total. The standard InChI is InChI=1S/C15H12N2O5/c16-15(19)12-8-11(17(20)21)6-7-14(12)22-9-13(18)10-4-2-1-3-5-10/h1-8H,9H2,(H2,16,19). The molecule has 0 heterocycles. The predicted octanol–water partition coefficient (Wildman–Crippen LogP) is 1.96. The summed E-state index contributed by atoms with van der Waals surface area (Å²) < 4.78 is 5.28. The zero-order valence-electron chi connectivity index (χ0n) is 11.4. The molecule has 2 aromatic carbocycles. The lowest BCUT2D eigenvalue weighted by molar-refractivity contribution is -0.384. The number of rotatable bonds is 6. The van der Waals surface area contributed by atoms with E-state index in [0.29, 0.717) is 5.56 Å². The van der Waals surface area contributed by atoms with E-state index in [4.69, 9.17) is 10.5 Å². The molecule has 0 fully saturated rings. The van der Waals surface area contributed by atoms with Crippen LogP contribution in [0, 0.1) is 10.1 Å². The molecule has 0 saturated heterocycles. The first kappa shape index (κ1) is 15.2. The number of carbonyl (C=O) groups excluding carboxylic acids is 2. The van der Waals surface area contributed by atoms with Crippen LogP contribution in [0.3, 0.4) is 0 Å². The van der Waals surface area contributed by atoms with Crippen LogP contribution in [0.2, 0.25) is 0 Å². The summed E-state index contributed by atoms with van der Waals surface area (Å²) in [6.07, 6.45) is 0. The number of carbonyl (C=O) groups is 2. The summed E-state index contributed by atoms with van der Waals surface area (Å²) in [7, 11) is 0. The summed E-state index contributed by atoms with van der Waals surface area (Å²) in [5.74, 6) is -1.12. The van der Waals surface area contributed by atoms with Crippen LogP contribution >= 0.6 is 0 Å². The number of nitrogens with two attached hydrogens (primary N) is 1. The van der Waals surface area contributed by atoms with Gasteiger partial charge >= 0.3 is 0 Å². The van der Waals surface area contributed by atoms with Crippen molar-refractivity contribution in [3.63, 3.8) is 0 Å². The maximum atomic E-state index is 11.9. The molecule has 0 aromatic heterocycles. The molecule has 7 nitrogen and oxygen atoms in total. The Morgan fingerprint density at radius 3 is 2.41 bits per heavy atom. The number of ether oxygens (including phenoxy) is 1. The largest absolute Gasteiger partial charge is 0.485 e. The lowest BCUT2D eigenvalue weighted by Crippen LogP contribution is -2.16. The van der Waals surface area contributed by atoms with E-state index in [1.807, 2.05) is 0 Å². The molecule has 0 spiro atoms. The van der Waals surface area contributed by atoms with Crippen molar-refractivity contribution in [1.82, 2.24) is 0 Å². The molecule has 0 bridgehead atoms. The summed E-state index contributed by atoms with van der Waals surface area (Å²) in [6.45, 7) is -0.303. The molecule has 0 atom stereocenters. The molecule has 2 rings (SSSR count). The molecule has 0 unspecified atom stereocenters. The van der Waals surface area contributed by atoms with E-state index in [1.54, 1.807) is 30.3 Å². The van der Waals surface area contributed by atoms with Gasteiger partial charge in [0.25, 0.3) is 11.6 Å². The summed E-state index contributed by atoms with van der Waals surface area (Å²) >= 11 is 0. The predicted molar refractivity (Wildman–Crippen MR) is 77.9 cm³/mol. The van der Waals surface area contributed by atoms with Gasteiger partial charge in [-0.05, 0) is 6.07 Å². The number of primary amides is 1. The van der Waals surface area contributed by atoms with E-state index in [-0.39, 0.29) is 29.4 Å². The van der Waals surface area contributed by atoms with Crippen molar-refractivity contribution >= 4 is 17.4 Å². The summed E-state index contributed by atoms with van der Waals surface area (Å²) in [6, 6.07) is 11.9. The molecule has 0 saturated carbocycles. The van der Waals surface area contributed by atoms with Gasteiger partial charge in [0.05, 0.1) is 10.5 Å². The van der Waals surface area contributed by atoms with Crippen molar-refractivity contribution in [2.45, 2.75) is 0 Å². The van der Waals surface area contributed by atoms with Crippen molar-refractivity contribution in [3.8, 4) is 5.75 Å². The summed E-state index contributed by atoms with van der Waals surface area (Å²) in [5.41, 5.74) is 5.21. The second-order valence-corrected chi connectivity index (χ2v) is 4.38. The fourth-order valence-electron chi connectivity index (χ4n) is 1.80. The maximum absolute atomic E-state index is 11.9. The van der Waals surface area contributed by atoms with Crippen LogP contribution in [-0.2, 0) is 0 Å². The SMILES string of the molecule is NC(=O)c1cc([N+](=O)[O-])ccc1OCC(=O)c1ccccc1. The Morgan fingerprint density at radius 2 is 1.82 bits per heavy atom. The third-order valence-corrected chi connectivity index (χ3v) is 2.89. The van der Waals surface area contributed by atoms with E-state index < -0.39 is 10.8 Å². The molecule has 0 aliphatic heterocycles. The Labute approximate surface area is 125 Å². The average Bonchev–Trinajstić information content (AvgIpc) is 2.53. The number of hydrogen-bond acceptors (Lipinski definition) is 5. The van der Waals surface area contributed by atoms with Gasteiger partial charge in [-0.2, -0.15) is 0 Å². The van der Waals surface area contributed by atoms with Crippen LogP contribution in [0.5, 0.6) is 5.75 Å². The molecular formula is C15H12N2O5. The molecule has 7 heteroatoms. The van der Waals surface area contributed by atoms with Crippen molar-refractivity contribution in [1.29, 1.82) is 0 Å². The smallest absolute Gasteiger partial charge is 0.270 e. The van der Waals surface area contributed by atoms with Gasteiger partial charge in [-0.1, -0.05) is 30.3 Å². The van der Waals surface area contributed by atoms with E-state index in [0.717, 1.165) is 6.07 Å². The highest BCUT2D eigenvalue weighted by atomic mass is 16.6. The zero-order chi connectivity index (χ0) is 16.1. The minimum atomic E-state index is -0.870. The Morgan fingerprint density at radius 1 is 1.14 bits per heavy atom. The number of nitrogens with zero attached hydrogens (tertiary/aromatic N) is 1. The highest BCUT2D eigenvalue weighted by Crippen LogP contribution is 2.24. The lowest BCUT2D eigenvalue weighted by Gasteiger charge is -2.09. The number of nitro benzene ring substituents is 1. The molecule has 2 aromatic rings. The van der Waals surface area contributed by atoms with Gasteiger partial charge in [0.2, 0.25) is 0 Å². The summed E-state index contributed by atoms with van der Waals surface area (Å²) in [5, 5.41) is 10.7. The van der Waals surface area contributed by atoms with Gasteiger partial charge in [0, 0.05) is 17.7 Å². The molecule has 0 radical (unpaired) electrons. The highest BCUT2D eigenvalue weighted by Gasteiger charge is 2.17. The summed E-state index contributed by atoms with van der Waals surface area (Å²) in [4.78, 5) is 33.3. The Hall–Kier alpha value is -3.22. The molecule has 22 heavy (non-hydrogen) atoms. The monoisotopic (exact) mass is 300 g/mol. The maximum Gasteiger partial charge on any atom is 0.270 e. The second kappa shape index (κ2) is 6.49. The van der Waals surface area contributed by atoms with Crippen LogP contribution in [0.15, 0.2) is 48.5 Å². The van der Waals surface area contributed by atoms with Crippen molar-refractivity contribution < 1.29 is 19.2 Å². The van der Waals surface area contributed by atoms with E-state index in [2.05, 4.69) is 0 Å². The molecular weight excluding hydrogens is 288 g/mol. The minimum absolute atomic E-state index is 0.0300. The van der Waals surface area contributed by atoms with Crippen LogP contribution < -0.4 is 10.5 Å². The first-order valence-corrected chi connectivity index (χ1v) is 6.28. The Kier molecular flexibility index (Phi) is 4.47. The Bertz CT molecular complexity index is 728. The molecule has 1 amide bonds. The van der Waals surface area contributed by atoms with Crippen molar-refractivity contribution in [2.24, 2.45) is 5.73 Å². The number of hydrogen-bond donors (Lipinski definition) is 1. The van der Waals surface area contributed by atoms with Crippen LogP contribution in [0.1, 0.15) is 20.7 Å². The Balaban J connectivity index is 2.17. The van der Waals surface area contributed by atoms with E-state index >= 15 is 0 Å². The molecule has 0 aliphatic rings. The number of benzene rings is 2. The quantitative estimate of drug-likeness (QED) is 0.497. The van der Waals surface area contributed by atoms with E-state index in [1.165, 1.54) is 12.1 Å². The lowest BCUT2D eigenvalue weighted by atomic mass is 10.1. The van der Waals surface area contributed by atoms with Crippen LogP contribution in [0.4, 0.5) is 5.69 Å². The van der Waals surface area contributed by atoms with Gasteiger partial charge in [-0.25, -0.2) is 0 Å². The number of non-ortho nitro benzene ring substituents is 1. The van der Waals surface area contributed by atoms with E-state index in [9.17, 15) is 19.7 Å². The highest BCUT2D eigenvalue weighted by molar-refractivity contribution is 5.98. The average molecular weight is 300 g/mol. The molecule has 112 valence electrons. The minimum Gasteiger partial charge on any atom is -0.485 e. The third kappa shape index (κ3) is 3.45. The first-order chi connectivity index (χ1) is 10.5. The normalized spacial score (nSPS) is 10.0. The van der Waals surface area contributed by atoms with Crippen molar-refractivity contribution in [2.75, 3.05) is 6.61 Å². The fraction of sp³-hybridized carbons (Fsp3) is 0.0667. The van der Waals surface area contributed by atoms with Crippen molar-refractivity contribution in [3.05, 3.63) is 69.8 Å². The number of amides is 1. The van der Waals surface area contributed by atoms with Gasteiger partial charge in [0.1, 0.15) is 5.75 Å². The second-order valence-electron chi connectivity index (χ2n) is 4.38. The van der Waals surface area contributed by atoms with Crippen LogP contribution in [-0.4, -0.2) is 23.2 Å². The van der Waals surface area contributed by atoms with Crippen LogP contribution in [0.25, 0.3) is 0 Å². The zero-order valence-corrected chi connectivity index (χ0v) is 11.4. The van der Waals surface area contributed by atoms with Gasteiger partial charge in [-0.3, -0.25) is 19.7 Å². The fourth-order valence-corrected chi connectivity index (χ4v) is 1.80. The number of ketones is 1. The van der Waals surface area contributed by atoms with Gasteiger partial charge < -0.3 is 10.5 Å². The van der Waals surface area contributed by atoms with Gasteiger partial charge in [-0.15, -0.1) is 0 Å². The molecule has 0 aliphatic carbocycles.